The number of aliphatic imine (C=N–C) groups is 1. The van der Waals surface area contributed by atoms with Crippen LogP contribution in [0.2, 0.25) is 5.02 Å². The number of halogens is 1. The third kappa shape index (κ3) is 2.64. The summed E-state index contributed by atoms with van der Waals surface area (Å²) in [5.41, 5.74) is 6.54. The van der Waals surface area contributed by atoms with Gasteiger partial charge >= 0.3 is 0 Å². The molecule has 4 aromatic rings. The van der Waals surface area contributed by atoms with Crippen molar-refractivity contribution >= 4 is 17.5 Å². The Bertz CT molecular complexity index is 1320. The van der Waals surface area contributed by atoms with Gasteiger partial charge < -0.3 is 4.74 Å². The summed E-state index contributed by atoms with van der Waals surface area (Å²) < 4.78 is 10.1. The maximum absolute atomic E-state index is 6.25. The van der Waals surface area contributed by atoms with Gasteiger partial charge in [-0.05, 0) is 36.8 Å². The number of aryl methyl sites for hydroxylation is 1. The first-order valence-electron chi connectivity index (χ1n) is 9.56. The van der Waals surface area contributed by atoms with Gasteiger partial charge in [-0.3, -0.25) is 9.55 Å². The van der Waals surface area contributed by atoms with Gasteiger partial charge in [-0.25, -0.2) is 14.7 Å². The molecule has 5 heterocycles. The predicted octanol–water partition coefficient (Wildman–Crippen LogP) is 3.23. The molecular formula is C21H16ClN7O. The van der Waals surface area contributed by atoms with E-state index in [2.05, 4.69) is 31.3 Å². The Morgan fingerprint density at radius 3 is 2.97 bits per heavy atom. The van der Waals surface area contributed by atoms with Crippen LogP contribution in [0.1, 0.15) is 34.3 Å². The van der Waals surface area contributed by atoms with Crippen molar-refractivity contribution in [2.24, 2.45) is 4.99 Å². The van der Waals surface area contributed by atoms with Crippen LogP contribution in [0.3, 0.4) is 0 Å². The molecule has 30 heavy (non-hydrogen) atoms. The van der Waals surface area contributed by atoms with Crippen LogP contribution in [0.15, 0.2) is 54.2 Å². The van der Waals surface area contributed by atoms with Crippen LogP contribution in [0.25, 0.3) is 11.4 Å². The van der Waals surface area contributed by atoms with Gasteiger partial charge in [0.1, 0.15) is 18.1 Å². The minimum atomic E-state index is -0.159. The van der Waals surface area contributed by atoms with Gasteiger partial charge in [0.05, 0.1) is 35.5 Å². The Hall–Kier alpha value is -3.52. The van der Waals surface area contributed by atoms with Gasteiger partial charge in [0.15, 0.2) is 0 Å². The van der Waals surface area contributed by atoms with E-state index in [0.717, 1.165) is 39.6 Å². The zero-order valence-corrected chi connectivity index (χ0v) is 16.8. The quantitative estimate of drug-likeness (QED) is 0.440. The van der Waals surface area contributed by atoms with Crippen molar-refractivity contribution in [1.82, 2.24) is 29.5 Å². The summed E-state index contributed by atoms with van der Waals surface area (Å²) >= 11 is 6.25. The maximum Gasteiger partial charge on any atom is 0.238 e. The van der Waals surface area contributed by atoms with E-state index in [9.17, 15) is 0 Å². The molecule has 2 aliphatic rings. The number of aromatic nitrogens is 6. The fraction of sp³-hybridized carbons (Fsp3) is 0.190. The topological polar surface area (TPSA) is 83.0 Å². The van der Waals surface area contributed by atoms with E-state index in [0.29, 0.717) is 23.9 Å². The second-order valence-corrected chi connectivity index (χ2v) is 7.84. The van der Waals surface area contributed by atoms with Gasteiger partial charge in [0.2, 0.25) is 5.90 Å². The van der Waals surface area contributed by atoms with Gasteiger partial charge in [-0.15, -0.1) is 5.10 Å². The normalized spacial score (nSPS) is 16.9. The monoisotopic (exact) mass is 417 g/mol. The highest BCUT2D eigenvalue weighted by molar-refractivity contribution is 6.30. The van der Waals surface area contributed by atoms with Crippen molar-refractivity contribution in [3.8, 4) is 11.4 Å². The van der Waals surface area contributed by atoms with Crippen LogP contribution >= 0.6 is 11.6 Å². The SMILES string of the molecule is Cc1cncc(C2CN=C(c3ncn4c3Cc3cnnn3-c3cc(Cl)ccc3-4)O2)c1. The second kappa shape index (κ2) is 6.50. The lowest BCUT2D eigenvalue weighted by molar-refractivity contribution is 0.229. The van der Waals surface area contributed by atoms with E-state index in [1.807, 2.05) is 46.8 Å². The van der Waals surface area contributed by atoms with Crippen molar-refractivity contribution in [2.45, 2.75) is 19.4 Å². The molecule has 3 aromatic heterocycles. The molecular weight excluding hydrogens is 402 g/mol. The Morgan fingerprint density at radius 1 is 1.13 bits per heavy atom. The molecule has 148 valence electrons. The molecule has 0 amide bonds. The number of imidazole rings is 1. The first-order valence-corrected chi connectivity index (χ1v) is 9.94. The summed E-state index contributed by atoms with van der Waals surface area (Å²) in [6.07, 6.45) is 7.65. The predicted molar refractivity (Wildman–Crippen MR) is 111 cm³/mol. The summed E-state index contributed by atoms with van der Waals surface area (Å²) in [7, 11) is 0. The summed E-state index contributed by atoms with van der Waals surface area (Å²) in [4.78, 5) is 13.6. The van der Waals surface area contributed by atoms with Crippen molar-refractivity contribution in [3.05, 3.63) is 82.4 Å². The standard InChI is InChI=1S/C21H16ClN7O/c1-12-4-13(8-23-7-12)19-10-24-21(30-19)20-18-6-15-9-26-27-29(15)17-5-14(22)2-3-16(17)28(18)11-25-20/h2-5,7-9,11,19H,6,10H2,1H3. The zero-order chi connectivity index (χ0) is 20.2. The van der Waals surface area contributed by atoms with Crippen molar-refractivity contribution in [1.29, 1.82) is 0 Å². The molecule has 9 heteroatoms. The van der Waals surface area contributed by atoms with Crippen LogP contribution in [-0.2, 0) is 11.2 Å². The fourth-order valence-corrected chi connectivity index (χ4v) is 4.15. The summed E-state index contributed by atoms with van der Waals surface area (Å²) in [6, 6.07) is 7.78. The van der Waals surface area contributed by atoms with E-state index < -0.39 is 0 Å². The van der Waals surface area contributed by atoms with E-state index in [4.69, 9.17) is 16.3 Å². The molecule has 0 aliphatic carbocycles. The molecule has 0 N–H and O–H groups in total. The van der Waals surface area contributed by atoms with Crippen molar-refractivity contribution in [3.63, 3.8) is 0 Å². The molecule has 0 saturated heterocycles. The average Bonchev–Trinajstić information content (AvgIpc) is 3.47. The Balaban J connectivity index is 1.42. The number of fused-ring (bicyclic) bond motifs is 5. The van der Waals surface area contributed by atoms with Crippen LogP contribution in [0.4, 0.5) is 0 Å². The van der Waals surface area contributed by atoms with E-state index in [1.165, 1.54) is 0 Å². The molecule has 0 bridgehead atoms. The highest BCUT2D eigenvalue weighted by atomic mass is 35.5. The Kier molecular flexibility index (Phi) is 3.76. The smallest absolute Gasteiger partial charge is 0.238 e. The number of hydrogen-bond acceptors (Lipinski definition) is 6. The second-order valence-electron chi connectivity index (χ2n) is 7.40. The third-order valence-corrected chi connectivity index (χ3v) is 5.62. The van der Waals surface area contributed by atoms with Gasteiger partial charge in [-0.1, -0.05) is 16.8 Å². The number of rotatable bonds is 2. The van der Waals surface area contributed by atoms with Gasteiger partial charge in [-0.2, -0.15) is 0 Å². The molecule has 0 radical (unpaired) electrons. The molecule has 1 atom stereocenters. The van der Waals surface area contributed by atoms with E-state index in [1.54, 1.807) is 12.5 Å². The lowest BCUT2D eigenvalue weighted by Crippen LogP contribution is -2.10. The number of benzene rings is 1. The first kappa shape index (κ1) is 17.3. The molecule has 8 nitrogen and oxygen atoms in total. The highest BCUT2D eigenvalue weighted by Crippen LogP contribution is 2.32. The molecule has 2 aliphatic heterocycles. The van der Waals surface area contributed by atoms with Crippen LogP contribution in [0.5, 0.6) is 0 Å². The lowest BCUT2D eigenvalue weighted by Gasteiger charge is -2.12. The first-order chi connectivity index (χ1) is 14.7. The number of nitrogens with zero attached hydrogens (tertiary/aromatic N) is 7. The minimum absolute atomic E-state index is 0.159. The van der Waals surface area contributed by atoms with Gasteiger partial charge in [0.25, 0.3) is 0 Å². The van der Waals surface area contributed by atoms with Crippen LogP contribution < -0.4 is 0 Å². The molecule has 1 aromatic carbocycles. The van der Waals surface area contributed by atoms with E-state index >= 15 is 0 Å². The highest BCUT2D eigenvalue weighted by Gasteiger charge is 2.30. The molecule has 0 saturated carbocycles. The summed E-state index contributed by atoms with van der Waals surface area (Å²) in [6.45, 7) is 2.56. The molecule has 0 fully saturated rings. The zero-order valence-electron chi connectivity index (χ0n) is 16.0. The lowest BCUT2D eigenvalue weighted by atomic mass is 10.1. The summed E-state index contributed by atoms with van der Waals surface area (Å²) in [5, 5.41) is 8.98. The number of ether oxygens (including phenoxy) is 1. The maximum atomic E-state index is 6.25. The number of pyridine rings is 1. The molecule has 1 unspecified atom stereocenters. The van der Waals surface area contributed by atoms with Crippen LogP contribution in [-0.4, -0.2) is 42.0 Å². The molecule has 6 rings (SSSR count). The Morgan fingerprint density at radius 2 is 2.07 bits per heavy atom. The summed E-state index contributed by atoms with van der Waals surface area (Å²) in [5.74, 6) is 0.548. The van der Waals surface area contributed by atoms with E-state index in [-0.39, 0.29) is 6.10 Å². The fourth-order valence-electron chi connectivity index (χ4n) is 3.98. The third-order valence-electron chi connectivity index (χ3n) is 5.39. The number of hydrogen-bond donors (Lipinski definition) is 0. The molecule has 0 spiro atoms. The van der Waals surface area contributed by atoms with Gasteiger partial charge in [0, 0.05) is 29.4 Å². The minimum Gasteiger partial charge on any atom is -0.466 e. The van der Waals surface area contributed by atoms with Crippen LogP contribution in [0, 0.1) is 6.92 Å². The van der Waals surface area contributed by atoms with Crippen molar-refractivity contribution in [2.75, 3.05) is 6.54 Å². The largest absolute Gasteiger partial charge is 0.466 e. The van der Waals surface area contributed by atoms with Crippen molar-refractivity contribution < 1.29 is 4.74 Å². The average molecular weight is 418 g/mol. The Labute approximate surface area is 176 Å².